The van der Waals surface area contributed by atoms with Crippen LogP contribution in [0, 0.1) is 0 Å². The van der Waals surface area contributed by atoms with E-state index in [0.717, 1.165) is 93.8 Å². The number of urea groups is 1. The number of fused-ring (bicyclic) bond motifs is 2. The highest BCUT2D eigenvalue weighted by molar-refractivity contribution is 6.62. The van der Waals surface area contributed by atoms with Gasteiger partial charge in [0, 0.05) is 85.7 Å². The van der Waals surface area contributed by atoms with E-state index in [4.69, 9.17) is 26.8 Å². The minimum Gasteiger partial charge on any atom is -0.379 e. The normalized spacial score (nSPS) is 21.0. The Morgan fingerprint density at radius 1 is 0.635 bits per heavy atom. The first-order valence-electron chi connectivity index (χ1n) is 22.7. The number of ketones is 2. The quantitative estimate of drug-likeness (QED) is 0.165. The molecule has 0 radical (unpaired) electrons. The molecule has 7 heterocycles. The van der Waals surface area contributed by atoms with Crippen molar-refractivity contribution in [3.05, 3.63) is 59.7 Å². The molecule has 0 aliphatic carbocycles. The zero-order valence-electron chi connectivity index (χ0n) is 36.7. The number of Topliss-reactive ketones (excluding diaryl/α,β-unsaturated/α-hetero) is 2. The van der Waals surface area contributed by atoms with Crippen molar-refractivity contribution in [2.24, 2.45) is 5.73 Å². The number of nitrogens with two attached hydrogens (primary N) is 1. The Hall–Kier alpha value is -3.79. The number of piperidine rings is 2. The molecule has 354 valence electrons. The van der Waals surface area contributed by atoms with Crippen LogP contribution in [0.1, 0.15) is 114 Å². The number of carbonyl (C=O) groups excluding carboxylic acids is 4. The molecule has 7 aliphatic heterocycles. The van der Waals surface area contributed by atoms with E-state index < -0.39 is 0 Å². The molecule has 0 bridgehead atoms. The predicted octanol–water partition coefficient (Wildman–Crippen LogP) is 7.58. The number of rotatable bonds is 1. The molecule has 5 saturated heterocycles. The van der Waals surface area contributed by atoms with Crippen molar-refractivity contribution in [3.63, 3.8) is 0 Å². The van der Waals surface area contributed by atoms with E-state index in [1.165, 1.54) is 32.5 Å². The number of nitrogens with one attached hydrogen (secondary N) is 3. The van der Waals surface area contributed by atoms with E-state index in [9.17, 15) is 19.2 Å². The summed E-state index contributed by atoms with van der Waals surface area (Å²) in [5, 5.41) is 10.3. The van der Waals surface area contributed by atoms with Gasteiger partial charge in [0.15, 0.2) is 11.6 Å². The number of ether oxygens (including phenoxy) is 2. The van der Waals surface area contributed by atoms with Crippen molar-refractivity contribution in [1.82, 2.24) is 24.9 Å². The van der Waals surface area contributed by atoms with E-state index in [-0.39, 0.29) is 48.9 Å². The average molecular weight is 900 g/mol. The fourth-order valence-electron chi connectivity index (χ4n) is 8.92. The molecule has 3 amide bonds. The Kier molecular flexibility index (Phi) is 23.4. The van der Waals surface area contributed by atoms with Crippen LogP contribution in [0.2, 0.25) is 0 Å². The van der Waals surface area contributed by atoms with E-state index in [2.05, 4.69) is 27.8 Å². The number of hydrogen-bond donors (Lipinski definition) is 4. The van der Waals surface area contributed by atoms with E-state index in [1.807, 2.05) is 65.3 Å². The highest BCUT2D eigenvalue weighted by Crippen LogP contribution is 2.37. The summed E-state index contributed by atoms with van der Waals surface area (Å²) in [4.78, 5) is 55.5. The molecule has 7 aliphatic rings. The number of nitrogens with zero attached hydrogens (tertiary/aromatic N) is 4. The SMILES string of the molecule is C.C.CCN.CCN1CCCC1.O=C(Cl)N1CCOCC1.O=C1CCC2(CCN(C(=O)N3CCOCC3)CC2)Nc2ccccc21.O=C1CCC2(CCNCC2)Nc2ccccc21. The molecule has 15 heteroatoms. The Labute approximate surface area is 383 Å². The predicted molar refractivity (Wildman–Crippen MR) is 257 cm³/mol. The van der Waals surface area contributed by atoms with Gasteiger partial charge >= 0.3 is 11.4 Å². The lowest BCUT2D eigenvalue weighted by molar-refractivity contribution is 0.0394. The van der Waals surface area contributed by atoms with Crippen molar-refractivity contribution >= 4 is 45.9 Å². The third-order valence-electron chi connectivity index (χ3n) is 12.7. The lowest BCUT2D eigenvalue weighted by Gasteiger charge is -2.44. The maximum atomic E-state index is 12.7. The second-order valence-corrected chi connectivity index (χ2v) is 17.1. The first-order valence-corrected chi connectivity index (χ1v) is 23.1. The van der Waals surface area contributed by atoms with Gasteiger partial charge < -0.3 is 50.8 Å². The molecule has 2 aromatic rings. The second-order valence-electron chi connectivity index (χ2n) is 16.8. The average Bonchev–Trinajstić information content (AvgIpc) is 3.75. The Morgan fingerprint density at radius 2 is 1.05 bits per heavy atom. The van der Waals surface area contributed by atoms with Crippen molar-refractivity contribution in [2.45, 2.75) is 104 Å². The minimum atomic E-state index is -0.377. The smallest absolute Gasteiger partial charge is 0.320 e. The molecular weight excluding hydrogens is 820 g/mol. The van der Waals surface area contributed by atoms with Gasteiger partial charge in [0.2, 0.25) is 0 Å². The molecule has 5 fully saturated rings. The minimum absolute atomic E-state index is 0. The fraction of sp³-hybridized carbons (Fsp3) is 0.667. The summed E-state index contributed by atoms with van der Waals surface area (Å²) in [6, 6.07) is 15.8. The lowest BCUT2D eigenvalue weighted by Crippen LogP contribution is -2.55. The monoisotopic (exact) mass is 899 g/mol. The van der Waals surface area contributed by atoms with Crippen LogP contribution in [0.25, 0.3) is 0 Å². The molecule has 0 atom stereocenters. The van der Waals surface area contributed by atoms with Crippen molar-refractivity contribution in [1.29, 1.82) is 0 Å². The number of para-hydroxylation sites is 2. The van der Waals surface area contributed by atoms with Gasteiger partial charge in [0.25, 0.3) is 0 Å². The molecule has 0 saturated carbocycles. The maximum Gasteiger partial charge on any atom is 0.320 e. The molecular formula is C48H79ClN8O6. The van der Waals surface area contributed by atoms with Gasteiger partial charge in [0.1, 0.15) is 0 Å². The Morgan fingerprint density at radius 3 is 1.46 bits per heavy atom. The maximum absolute atomic E-state index is 12.7. The van der Waals surface area contributed by atoms with Crippen molar-refractivity contribution in [2.75, 3.05) is 116 Å². The van der Waals surface area contributed by atoms with Gasteiger partial charge in [-0.25, -0.2) is 4.79 Å². The highest BCUT2D eigenvalue weighted by Gasteiger charge is 2.40. The van der Waals surface area contributed by atoms with Crippen LogP contribution < -0.4 is 21.7 Å². The zero-order valence-corrected chi connectivity index (χ0v) is 37.5. The molecule has 9 rings (SSSR count). The largest absolute Gasteiger partial charge is 0.379 e. The molecule has 0 unspecified atom stereocenters. The highest BCUT2D eigenvalue weighted by atomic mass is 35.5. The summed E-state index contributed by atoms with van der Waals surface area (Å²) >= 11 is 5.19. The first-order chi connectivity index (χ1) is 29.6. The van der Waals surface area contributed by atoms with Gasteiger partial charge in [-0.1, -0.05) is 53.0 Å². The summed E-state index contributed by atoms with van der Waals surface area (Å²) < 4.78 is 10.3. The Bertz CT molecular complexity index is 1680. The summed E-state index contributed by atoms with van der Waals surface area (Å²) in [5.41, 5.74) is 8.53. The van der Waals surface area contributed by atoms with Gasteiger partial charge in [-0.3, -0.25) is 14.4 Å². The zero-order chi connectivity index (χ0) is 43.5. The standard InChI is InChI=1S/C19H25N3O3.C14H18N2O.C6H13N.C5H8ClNO2.C2H7N.2CH4/c23-17-5-6-19(20-16-4-2-1-3-15(16)17)7-9-21(10-8-19)18(24)22-11-13-25-14-12-22;17-13-5-6-14(7-9-15-10-8-14)16-12-4-2-1-3-11(12)13;1-2-7-5-3-4-6-7;6-5(8)7-1-3-9-4-2-7;1-2-3;;/h1-4,20H,5-14H2;1-4,15-16H,5-10H2;2-6H2,1H3;1-4H2;2-3H2,1H3;2*1H4. The lowest BCUT2D eigenvalue weighted by atomic mass is 9.83. The number of hydrogen-bond acceptors (Lipinski definition) is 11. The molecule has 2 aromatic carbocycles. The van der Waals surface area contributed by atoms with E-state index >= 15 is 0 Å². The topological polar surface area (TPSA) is 162 Å². The molecule has 63 heavy (non-hydrogen) atoms. The van der Waals surface area contributed by atoms with Crippen LogP contribution in [0.4, 0.5) is 21.0 Å². The van der Waals surface area contributed by atoms with Crippen LogP contribution in [-0.4, -0.2) is 159 Å². The third-order valence-corrected chi connectivity index (χ3v) is 12.9. The van der Waals surface area contributed by atoms with Crippen LogP contribution in [0.15, 0.2) is 48.5 Å². The second kappa shape index (κ2) is 27.5. The van der Waals surface area contributed by atoms with Crippen molar-refractivity contribution < 1.29 is 28.7 Å². The molecule has 5 N–H and O–H groups in total. The van der Waals surface area contributed by atoms with Crippen LogP contribution >= 0.6 is 11.6 Å². The number of benzene rings is 2. The van der Waals surface area contributed by atoms with Crippen LogP contribution in [0.5, 0.6) is 0 Å². The van der Waals surface area contributed by atoms with Crippen LogP contribution in [0.3, 0.4) is 0 Å². The summed E-state index contributed by atoms with van der Waals surface area (Å²) in [5.74, 6) is 0.496. The number of carbonyl (C=O) groups is 4. The fourth-order valence-corrected chi connectivity index (χ4v) is 9.08. The first kappa shape index (κ1) is 53.5. The van der Waals surface area contributed by atoms with Crippen LogP contribution in [-0.2, 0) is 9.47 Å². The Balaban J connectivity index is 0.000000240. The summed E-state index contributed by atoms with van der Waals surface area (Å²) in [7, 11) is 0. The van der Waals surface area contributed by atoms with E-state index in [0.29, 0.717) is 65.4 Å². The third kappa shape index (κ3) is 16.0. The number of halogens is 1. The number of anilines is 2. The summed E-state index contributed by atoms with van der Waals surface area (Å²) in [6.45, 7) is 17.5. The molecule has 2 spiro atoms. The van der Waals surface area contributed by atoms with Crippen molar-refractivity contribution in [3.8, 4) is 0 Å². The van der Waals surface area contributed by atoms with Gasteiger partial charge in [0.05, 0.1) is 26.4 Å². The van der Waals surface area contributed by atoms with Gasteiger partial charge in [-0.15, -0.1) is 0 Å². The number of morpholine rings is 2. The molecule has 0 aromatic heterocycles. The number of amides is 3. The van der Waals surface area contributed by atoms with Gasteiger partial charge in [-0.2, -0.15) is 0 Å². The number of likely N-dealkylation sites (tertiary alicyclic amines) is 2. The van der Waals surface area contributed by atoms with Gasteiger partial charge in [-0.05, 0) is 127 Å². The summed E-state index contributed by atoms with van der Waals surface area (Å²) in [6.07, 6.45) is 9.86. The van der Waals surface area contributed by atoms with E-state index in [1.54, 1.807) is 4.90 Å². The molecule has 14 nitrogen and oxygen atoms in total.